The standard InChI is InChI=1S/C10H17N/c11-10-4-2-1-3-9(7-10)8-5-6-8/h7-8,10H,1-6,11H2. The molecule has 0 saturated heterocycles. The lowest BCUT2D eigenvalue weighted by Gasteiger charge is -2.03. The Morgan fingerprint density at radius 1 is 1.18 bits per heavy atom. The zero-order valence-corrected chi connectivity index (χ0v) is 7.05. The van der Waals surface area contributed by atoms with Crippen LogP contribution in [-0.4, -0.2) is 6.04 Å². The molecule has 2 rings (SSSR count). The summed E-state index contributed by atoms with van der Waals surface area (Å²) in [6.07, 6.45) is 10.4. The van der Waals surface area contributed by atoms with Crippen LogP contribution in [0, 0.1) is 5.92 Å². The number of rotatable bonds is 1. The lowest BCUT2D eigenvalue weighted by atomic mass is 10.1. The van der Waals surface area contributed by atoms with Crippen molar-refractivity contribution in [2.45, 2.75) is 44.6 Å². The van der Waals surface area contributed by atoms with Gasteiger partial charge in [-0.2, -0.15) is 0 Å². The third kappa shape index (κ3) is 1.84. The highest BCUT2D eigenvalue weighted by atomic mass is 14.6. The van der Waals surface area contributed by atoms with Gasteiger partial charge in [-0.05, 0) is 38.0 Å². The maximum Gasteiger partial charge on any atom is 0.0226 e. The maximum absolute atomic E-state index is 5.91. The average Bonchev–Trinajstić information content (AvgIpc) is 2.71. The van der Waals surface area contributed by atoms with E-state index in [0.29, 0.717) is 6.04 Å². The van der Waals surface area contributed by atoms with Crippen LogP contribution in [0.2, 0.25) is 0 Å². The predicted octanol–water partition coefficient (Wildman–Crippen LogP) is 2.22. The summed E-state index contributed by atoms with van der Waals surface area (Å²) in [5.74, 6) is 0.944. The summed E-state index contributed by atoms with van der Waals surface area (Å²) in [4.78, 5) is 0. The first kappa shape index (κ1) is 7.35. The van der Waals surface area contributed by atoms with E-state index in [4.69, 9.17) is 5.73 Å². The monoisotopic (exact) mass is 151 g/mol. The van der Waals surface area contributed by atoms with Gasteiger partial charge in [-0.15, -0.1) is 0 Å². The maximum atomic E-state index is 5.91. The van der Waals surface area contributed by atoms with E-state index >= 15 is 0 Å². The van der Waals surface area contributed by atoms with Crippen molar-refractivity contribution < 1.29 is 0 Å². The lowest BCUT2D eigenvalue weighted by Crippen LogP contribution is -2.15. The molecule has 1 atom stereocenters. The summed E-state index contributed by atoms with van der Waals surface area (Å²) in [6, 6.07) is 0.369. The van der Waals surface area contributed by atoms with Crippen molar-refractivity contribution >= 4 is 0 Å². The molecule has 11 heavy (non-hydrogen) atoms. The molecule has 1 saturated carbocycles. The third-order valence-electron chi connectivity index (χ3n) is 2.78. The predicted molar refractivity (Wildman–Crippen MR) is 47.3 cm³/mol. The van der Waals surface area contributed by atoms with E-state index in [1.165, 1.54) is 38.5 Å². The van der Waals surface area contributed by atoms with Crippen LogP contribution in [0.15, 0.2) is 11.6 Å². The number of allylic oxidation sites excluding steroid dienone is 1. The summed E-state index contributed by atoms with van der Waals surface area (Å²) in [7, 11) is 0. The first-order valence-electron chi connectivity index (χ1n) is 4.82. The van der Waals surface area contributed by atoms with E-state index in [2.05, 4.69) is 6.08 Å². The minimum atomic E-state index is 0.369. The van der Waals surface area contributed by atoms with Crippen LogP contribution in [0.4, 0.5) is 0 Å². The first-order valence-corrected chi connectivity index (χ1v) is 4.82. The molecule has 1 fully saturated rings. The van der Waals surface area contributed by atoms with Crippen LogP contribution in [0.1, 0.15) is 38.5 Å². The van der Waals surface area contributed by atoms with Gasteiger partial charge in [-0.25, -0.2) is 0 Å². The molecule has 0 aromatic rings. The quantitative estimate of drug-likeness (QED) is 0.571. The highest BCUT2D eigenvalue weighted by Crippen LogP contribution is 2.39. The van der Waals surface area contributed by atoms with Gasteiger partial charge in [-0.1, -0.05) is 18.1 Å². The Balaban J connectivity index is 2.02. The SMILES string of the molecule is NC1C=C(C2CC2)CCCC1. The molecule has 2 aliphatic rings. The second-order valence-corrected chi connectivity index (χ2v) is 3.93. The molecule has 2 N–H and O–H groups in total. The van der Waals surface area contributed by atoms with Crippen molar-refractivity contribution in [2.24, 2.45) is 11.7 Å². The van der Waals surface area contributed by atoms with E-state index in [1.807, 2.05) is 0 Å². The minimum absolute atomic E-state index is 0.369. The number of hydrogen-bond acceptors (Lipinski definition) is 1. The number of hydrogen-bond donors (Lipinski definition) is 1. The Kier molecular flexibility index (Phi) is 1.99. The molecule has 0 heterocycles. The summed E-state index contributed by atoms with van der Waals surface area (Å²) in [5, 5.41) is 0. The van der Waals surface area contributed by atoms with Crippen LogP contribution < -0.4 is 5.73 Å². The molecule has 0 spiro atoms. The van der Waals surface area contributed by atoms with Gasteiger partial charge in [0, 0.05) is 6.04 Å². The highest BCUT2D eigenvalue weighted by molar-refractivity contribution is 5.16. The molecular formula is C10H17N. The number of nitrogens with two attached hydrogens (primary N) is 1. The molecule has 62 valence electrons. The van der Waals surface area contributed by atoms with Crippen LogP contribution >= 0.6 is 0 Å². The molecule has 1 heteroatoms. The van der Waals surface area contributed by atoms with Gasteiger partial charge in [0.15, 0.2) is 0 Å². The van der Waals surface area contributed by atoms with Crippen LogP contribution in [0.5, 0.6) is 0 Å². The van der Waals surface area contributed by atoms with Gasteiger partial charge in [0.2, 0.25) is 0 Å². The molecule has 0 aromatic heterocycles. The first-order chi connectivity index (χ1) is 5.36. The Bertz CT molecular complexity index is 168. The fraction of sp³-hybridized carbons (Fsp3) is 0.800. The Hall–Kier alpha value is -0.300. The van der Waals surface area contributed by atoms with E-state index in [-0.39, 0.29) is 0 Å². The highest BCUT2D eigenvalue weighted by Gasteiger charge is 2.26. The molecule has 1 nitrogen and oxygen atoms in total. The van der Waals surface area contributed by atoms with E-state index in [1.54, 1.807) is 5.57 Å². The Labute approximate surface area is 68.7 Å². The minimum Gasteiger partial charge on any atom is -0.324 e. The van der Waals surface area contributed by atoms with Gasteiger partial charge in [0.1, 0.15) is 0 Å². The van der Waals surface area contributed by atoms with Gasteiger partial charge in [0.25, 0.3) is 0 Å². The van der Waals surface area contributed by atoms with Gasteiger partial charge in [0.05, 0.1) is 0 Å². The average molecular weight is 151 g/mol. The fourth-order valence-corrected chi connectivity index (χ4v) is 1.95. The molecule has 0 amide bonds. The van der Waals surface area contributed by atoms with Crippen molar-refractivity contribution in [2.75, 3.05) is 0 Å². The zero-order chi connectivity index (χ0) is 7.68. The van der Waals surface area contributed by atoms with Crippen molar-refractivity contribution in [1.29, 1.82) is 0 Å². The van der Waals surface area contributed by atoms with Crippen molar-refractivity contribution in [3.8, 4) is 0 Å². The lowest BCUT2D eigenvalue weighted by molar-refractivity contribution is 0.653. The third-order valence-corrected chi connectivity index (χ3v) is 2.78. The second-order valence-electron chi connectivity index (χ2n) is 3.93. The molecular weight excluding hydrogens is 134 g/mol. The van der Waals surface area contributed by atoms with Crippen LogP contribution in [-0.2, 0) is 0 Å². The normalized spacial score (nSPS) is 32.8. The van der Waals surface area contributed by atoms with Crippen molar-refractivity contribution in [3.63, 3.8) is 0 Å². The van der Waals surface area contributed by atoms with Crippen LogP contribution in [0.25, 0.3) is 0 Å². The van der Waals surface area contributed by atoms with E-state index in [0.717, 1.165) is 5.92 Å². The second kappa shape index (κ2) is 2.98. The summed E-state index contributed by atoms with van der Waals surface area (Å²) in [6.45, 7) is 0. The van der Waals surface area contributed by atoms with Crippen LogP contribution in [0.3, 0.4) is 0 Å². The van der Waals surface area contributed by atoms with Crippen molar-refractivity contribution in [1.82, 2.24) is 0 Å². The molecule has 0 radical (unpaired) electrons. The molecule has 0 bridgehead atoms. The molecule has 1 unspecified atom stereocenters. The summed E-state index contributed by atoms with van der Waals surface area (Å²) in [5.41, 5.74) is 7.59. The fourth-order valence-electron chi connectivity index (χ4n) is 1.95. The Morgan fingerprint density at radius 3 is 2.73 bits per heavy atom. The topological polar surface area (TPSA) is 26.0 Å². The Morgan fingerprint density at radius 2 is 2.00 bits per heavy atom. The molecule has 2 aliphatic carbocycles. The summed E-state index contributed by atoms with van der Waals surface area (Å²) < 4.78 is 0. The largest absolute Gasteiger partial charge is 0.324 e. The molecule has 0 aromatic carbocycles. The van der Waals surface area contributed by atoms with Gasteiger partial charge >= 0.3 is 0 Å². The van der Waals surface area contributed by atoms with E-state index < -0.39 is 0 Å². The zero-order valence-electron chi connectivity index (χ0n) is 7.05. The van der Waals surface area contributed by atoms with E-state index in [9.17, 15) is 0 Å². The smallest absolute Gasteiger partial charge is 0.0226 e. The van der Waals surface area contributed by atoms with Gasteiger partial charge < -0.3 is 5.73 Å². The molecule has 0 aliphatic heterocycles. The van der Waals surface area contributed by atoms with Gasteiger partial charge in [-0.3, -0.25) is 0 Å². The summed E-state index contributed by atoms with van der Waals surface area (Å²) >= 11 is 0. The van der Waals surface area contributed by atoms with Crippen molar-refractivity contribution in [3.05, 3.63) is 11.6 Å².